The number of anilines is 2. The van der Waals surface area contributed by atoms with Gasteiger partial charge in [0.15, 0.2) is 4.34 Å². The molecule has 0 saturated carbocycles. The van der Waals surface area contributed by atoms with Crippen molar-refractivity contribution in [2.75, 3.05) is 43.9 Å². The smallest absolute Gasteiger partial charge is 0.230 e. The van der Waals surface area contributed by atoms with Crippen molar-refractivity contribution in [1.29, 1.82) is 0 Å². The minimum Gasteiger partial charge on any atom is -0.379 e. The molecule has 152 valence electrons. The van der Waals surface area contributed by atoms with E-state index in [0.717, 1.165) is 40.8 Å². The lowest BCUT2D eigenvalue weighted by Crippen LogP contribution is -2.55. The van der Waals surface area contributed by atoms with Crippen LogP contribution >= 0.6 is 39.0 Å². The highest BCUT2D eigenvalue weighted by molar-refractivity contribution is 9.10. The predicted octanol–water partition coefficient (Wildman–Crippen LogP) is 3.36. The third-order valence-electron chi connectivity index (χ3n) is 4.39. The first kappa shape index (κ1) is 21.5. The third kappa shape index (κ3) is 6.41. The number of hydrogen-bond acceptors (Lipinski definition) is 8. The molecule has 2 N–H and O–H groups in total. The highest BCUT2D eigenvalue weighted by Crippen LogP contribution is 2.28. The van der Waals surface area contributed by atoms with E-state index in [0.29, 0.717) is 17.4 Å². The first-order chi connectivity index (χ1) is 13.4. The molecule has 0 spiro atoms. The first-order valence-corrected chi connectivity index (χ1v) is 11.6. The van der Waals surface area contributed by atoms with Gasteiger partial charge in [0.05, 0.1) is 19.0 Å². The Bertz CT molecular complexity index is 796. The maximum Gasteiger partial charge on any atom is 0.230 e. The third-order valence-corrected chi connectivity index (χ3v) is 6.86. The predicted molar refractivity (Wildman–Crippen MR) is 118 cm³/mol. The van der Waals surface area contributed by atoms with Gasteiger partial charge in [-0.1, -0.05) is 45.1 Å². The van der Waals surface area contributed by atoms with Crippen LogP contribution in [0.3, 0.4) is 0 Å². The van der Waals surface area contributed by atoms with Crippen molar-refractivity contribution in [2.45, 2.75) is 23.7 Å². The fraction of sp³-hybridized carbons (Fsp3) is 0.500. The van der Waals surface area contributed by atoms with Crippen LogP contribution in [-0.2, 0) is 9.53 Å². The molecule has 2 aromatic rings. The second kappa shape index (κ2) is 10.0. The van der Waals surface area contributed by atoms with E-state index in [2.05, 4.69) is 55.5 Å². The number of hydrogen-bond donors (Lipinski definition) is 2. The topological polar surface area (TPSA) is 79.4 Å². The van der Waals surface area contributed by atoms with Gasteiger partial charge in [-0.2, -0.15) is 0 Å². The van der Waals surface area contributed by atoms with E-state index in [9.17, 15) is 4.79 Å². The van der Waals surface area contributed by atoms with Crippen LogP contribution < -0.4 is 10.6 Å². The van der Waals surface area contributed by atoms with Crippen molar-refractivity contribution < 1.29 is 9.53 Å². The van der Waals surface area contributed by atoms with E-state index in [1.165, 1.54) is 23.1 Å². The Morgan fingerprint density at radius 2 is 2.14 bits per heavy atom. The minimum atomic E-state index is -0.0894. The Balaban J connectivity index is 1.42. The molecule has 1 aliphatic rings. The number of morpholine rings is 1. The van der Waals surface area contributed by atoms with Gasteiger partial charge in [0.2, 0.25) is 11.0 Å². The molecule has 28 heavy (non-hydrogen) atoms. The van der Waals surface area contributed by atoms with Crippen molar-refractivity contribution in [1.82, 2.24) is 20.4 Å². The Morgan fingerprint density at radius 1 is 1.36 bits per heavy atom. The summed E-state index contributed by atoms with van der Waals surface area (Å²) in [6, 6.07) is 7.85. The summed E-state index contributed by atoms with van der Waals surface area (Å²) in [7, 11) is 0. The Labute approximate surface area is 181 Å². The van der Waals surface area contributed by atoms with Gasteiger partial charge in [0.25, 0.3) is 0 Å². The summed E-state index contributed by atoms with van der Waals surface area (Å²) in [4.78, 5) is 14.6. The molecular weight excluding hydrogens is 462 g/mol. The quantitative estimate of drug-likeness (QED) is 0.554. The lowest BCUT2D eigenvalue weighted by molar-refractivity contribution is -0.119. The number of nitrogens with zero attached hydrogens (tertiary/aromatic N) is 3. The largest absolute Gasteiger partial charge is 0.379 e. The number of carbonyl (C=O) groups is 1. The molecule has 0 radical (unpaired) electrons. The standard InChI is InChI=1S/C18H24BrN5O2S2/c1-18(2,24-6-8-26-9-7-24)12-20-15(25)11-27-17-23-22-16(28-17)21-14-5-3-4-13(19)10-14/h3-5,10H,6-9,11-12H2,1-2H3,(H,20,25)(H,21,22). The van der Waals surface area contributed by atoms with Crippen LogP contribution in [-0.4, -0.2) is 65.1 Å². The zero-order valence-electron chi connectivity index (χ0n) is 15.9. The van der Waals surface area contributed by atoms with Crippen LogP contribution in [0.15, 0.2) is 33.1 Å². The number of amides is 1. The first-order valence-electron chi connectivity index (χ1n) is 9.01. The van der Waals surface area contributed by atoms with Crippen LogP contribution in [0.2, 0.25) is 0 Å². The number of carbonyl (C=O) groups excluding carboxylic acids is 1. The zero-order valence-corrected chi connectivity index (χ0v) is 19.1. The number of aromatic nitrogens is 2. The summed E-state index contributed by atoms with van der Waals surface area (Å²) in [5.41, 5.74) is 0.846. The zero-order chi connectivity index (χ0) is 20.0. The molecule has 1 aromatic heterocycles. The van der Waals surface area contributed by atoms with Gasteiger partial charge in [-0.3, -0.25) is 9.69 Å². The molecule has 1 aliphatic heterocycles. The second-order valence-corrected chi connectivity index (χ2v) is 10.1. The molecule has 0 unspecified atom stereocenters. The highest BCUT2D eigenvalue weighted by Gasteiger charge is 2.28. The number of nitrogens with one attached hydrogen (secondary N) is 2. The lowest BCUT2D eigenvalue weighted by atomic mass is 10.0. The number of halogens is 1. The molecular formula is C18H24BrN5O2S2. The van der Waals surface area contributed by atoms with E-state index < -0.39 is 0 Å². The monoisotopic (exact) mass is 485 g/mol. The fourth-order valence-electron chi connectivity index (χ4n) is 2.78. The van der Waals surface area contributed by atoms with Gasteiger partial charge < -0.3 is 15.4 Å². The van der Waals surface area contributed by atoms with Crippen LogP contribution in [0, 0.1) is 0 Å². The van der Waals surface area contributed by atoms with E-state index in [1.54, 1.807) is 0 Å². The molecule has 2 heterocycles. The number of ether oxygens (including phenoxy) is 1. The maximum absolute atomic E-state index is 12.2. The summed E-state index contributed by atoms with van der Waals surface area (Å²) < 4.78 is 7.16. The van der Waals surface area contributed by atoms with Crippen LogP contribution in [0.25, 0.3) is 0 Å². The average Bonchev–Trinajstić information content (AvgIpc) is 3.13. The van der Waals surface area contributed by atoms with E-state index >= 15 is 0 Å². The van der Waals surface area contributed by atoms with Crippen LogP contribution in [0.5, 0.6) is 0 Å². The fourth-order valence-corrected chi connectivity index (χ4v) is 4.78. The van der Waals surface area contributed by atoms with E-state index in [1.807, 2.05) is 24.3 Å². The lowest BCUT2D eigenvalue weighted by Gasteiger charge is -2.40. The van der Waals surface area contributed by atoms with Crippen molar-refractivity contribution >= 4 is 55.8 Å². The van der Waals surface area contributed by atoms with Crippen LogP contribution in [0.1, 0.15) is 13.8 Å². The minimum absolute atomic E-state index is 0.00281. The molecule has 0 atom stereocenters. The van der Waals surface area contributed by atoms with E-state index in [4.69, 9.17) is 4.74 Å². The molecule has 0 bridgehead atoms. The van der Waals surface area contributed by atoms with Crippen molar-refractivity contribution in [3.63, 3.8) is 0 Å². The number of benzene rings is 1. The Morgan fingerprint density at radius 3 is 2.89 bits per heavy atom. The molecule has 7 nitrogen and oxygen atoms in total. The second-order valence-electron chi connectivity index (χ2n) is 6.99. The average molecular weight is 486 g/mol. The van der Waals surface area contributed by atoms with Gasteiger partial charge in [-0.05, 0) is 32.0 Å². The van der Waals surface area contributed by atoms with Gasteiger partial charge in [-0.15, -0.1) is 10.2 Å². The van der Waals surface area contributed by atoms with Crippen molar-refractivity contribution in [3.05, 3.63) is 28.7 Å². The van der Waals surface area contributed by atoms with Gasteiger partial charge in [0.1, 0.15) is 0 Å². The summed E-state index contributed by atoms with van der Waals surface area (Å²) >= 11 is 6.28. The molecule has 3 rings (SSSR count). The maximum atomic E-state index is 12.2. The molecule has 0 aliphatic carbocycles. The summed E-state index contributed by atoms with van der Waals surface area (Å²) in [6.07, 6.45) is 0. The Kier molecular flexibility index (Phi) is 7.69. The molecule has 1 amide bonds. The van der Waals surface area contributed by atoms with Crippen molar-refractivity contribution in [3.8, 4) is 0 Å². The number of thioether (sulfide) groups is 1. The highest BCUT2D eigenvalue weighted by atomic mass is 79.9. The summed E-state index contributed by atoms with van der Waals surface area (Å²) in [5.74, 6) is 0.327. The van der Waals surface area contributed by atoms with Crippen molar-refractivity contribution in [2.24, 2.45) is 0 Å². The summed E-state index contributed by atoms with van der Waals surface area (Å²) in [6.45, 7) is 8.21. The molecule has 1 aromatic carbocycles. The number of rotatable bonds is 8. The van der Waals surface area contributed by atoms with E-state index in [-0.39, 0.29) is 11.4 Å². The molecule has 1 fully saturated rings. The van der Waals surface area contributed by atoms with Gasteiger partial charge in [0, 0.05) is 35.3 Å². The van der Waals surface area contributed by atoms with Gasteiger partial charge in [-0.25, -0.2) is 0 Å². The SMILES string of the molecule is CC(C)(CNC(=O)CSc1nnc(Nc2cccc(Br)c2)s1)N1CCOCC1. The van der Waals surface area contributed by atoms with Gasteiger partial charge >= 0.3 is 0 Å². The molecule has 1 saturated heterocycles. The normalized spacial score (nSPS) is 15.4. The Hall–Kier alpha value is -1.20. The molecule has 10 heteroatoms. The summed E-state index contributed by atoms with van der Waals surface area (Å²) in [5, 5.41) is 15.2. The van der Waals surface area contributed by atoms with Crippen LogP contribution in [0.4, 0.5) is 10.8 Å².